The molecule has 5 aromatic carbocycles. The van der Waals surface area contributed by atoms with E-state index >= 15 is 0 Å². The van der Waals surface area contributed by atoms with Crippen LogP contribution in [0, 0.1) is 0 Å². The van der Waals surface area contributed by atoms with Gasteiger partial charge in [0, 0.05) is 30.7 Å². The smallest absolute Gasteiger partial charge is 0.251 e. The van der Waals surface area contributed by atoms with Gasteiger partial charge >= 0.3 is 0 Å². The molecule has 2 atom stereocenters. The molecule has 4 N–H and O–H groups in total. The van der Waals surface area contributed by atoms with Crippen molar-refractivity contribution in [2.24, 2.45) is 0 Å². The van der Waals surface area contributed by atoms with Gasteiger partial charge in [-0.1, -0.05) is 84.9 Å². The molecule has 7 heteroatoms. The first-order valence-corrected chi connectivity index (χ1v) is 14.6. The standard InChI is InChI=1S/C36H39N3O4/c1-37-22-29(18-26-14-8-12-24-10-4-6-16-31(24)26)38-23-30(19-27-15-9-13-25-11-5-7-17-32(25)27)39-36(41)28-20-33(42-2)35(40)34(21-28)43-3/h4-17,20-21,29-30,37-38,40H,18-19,22-23H2,1-3H3,(H,39,41)/t29-,30+/m0/s1. The van der Waals surface area contributed by atoms with E-state index in [4.69, 9.17) is 9.47 Å². The molecule has 0 unspecified atom stereocenters. The molecule has 0 aliphatic heterocycles. The highest BCUT2D eigenvalue weighted by Crippen LogP contribution is 2.37. The number of rotatable bonds is 13. The van der Waals surface area contributed by atoms with Crippen LogP contribution in [-0.4, -0.2) is 57.5 Å². The van der Waals surface area contributed by atoms with E-state index in [2.05, 4.69) is 88.7 Å². The van der Waals surface area contributed by atoms with Gasteiger partial charge in [0.05, 0.1) is 14.2 Å². The van der Waals surface area contributed by atoms with E-state index in [1.54, 1.807) is 0 Å². The molecule has 5 aromatic rings. The highest BCUT2D eigenvalue weighted by Gasteiger charge is 2.21. The summed E-state index contributed by atoms with van der Waals surface area (Å²) in [5.41, 5.74) is 2.78. The summed E-state index contributed by atoms with van der Waals surface area (Å²) in [5, 5.41) is 25.5. The zero-order valence-electron chi connectivity index (χ0n) is 24.9. The van der Waals surface area contributed by atoms with Crippen molar-refractivity contribution in [2.45, 2.75) is 24.9 Å². The van der Waals surface area contributed by atoms with Crippen molar-refractivity contribution in [3.8, 4) is 17.2 Å². The maximum absolute atomic E-state index is 13.6. The fraction of sp³-hybridized carbons (Fsp3) is 0.250. The molecule has 0 radical (unpaired) electrons. The molecule has 1 amide bonds. The first-order valence-electron chi connectivity index (χ1n) is 14.6. The number of amides is 1. The number of phenols is 1. The zero-order chi connectivity index (χ0) is 30.2. The summed E-state index contributed by atoms with van der Waals surface area (Å²) >= 11 is 0. The lowest BCUT2D eigenvalue weighted by atomic mass is 9.97. The van der Waals surface area contributed by atoms with Crippen molar-refractivity contribution in [3.05, 3.63) is 114 Å². The summed E-state index contributed by atoms with van der Waals surface area (Å²) in [6.07, 6.45) is 1.47. The van der Waals surface area contributed by atoms with Gasteiger partial charge in [-0.25, -0.2) is 0 Å². The monoisotopic (exact) mass is 577 g/mol. The minimum atomic E-state index is -0.275. The zero-order valence-corrected chi connectivity index (χ0v) is 24.9. The number of fused-ring (bicyclic) bond motifs is 2. The molecule has 0 bridgehead atoms. The number of carbonyl (C=O) groups excluding carboxylic acids is 1. The summed E-state index contributed by atoms with van der Waals surface area (Å²) in [5.74, 6) is -0.0588. The van der Waals surface area contributed by atoms with Crippen molar-refractivity contribution < 1.29 is 19.4 Å². The highest BCUT2D eigenvalue weighted by atomic mass is 16.5. The Morgan fingerprint density at radius 3 is 1.77 bits per heavy atom. The van der Waals surface area contributed by atoms with E-state index in [0.717, 1.165) is 23.9 Å². The minimum absolute atomic E-state index is 0.136. The number of aromatic hydroxyl groups is 1. The third kappa shape index (κ3) is 7.08. The van der Waals surface area contributed by atoms with Gasteiger partial charge in [0.1, 0.15) is 0 Å². The van der Waals surface area contributed by atoms with E-state index in [9.17, 15) is 9.90 Å². The van der Waals surface area contributed by atoms with E-state index in [-0.39, 0.29) is 35.2 Å². The fourth-order valence-electron chi connectivity index (χ4n) is 5.71. The van der Waals surface area contributed by atoms with Gasteiger partial charge in [-0.3, -0.25) is 4.79 Å². The number of hydrogen-bond donors (Lipinski definition) is 4. The molecule has 0 heterocycles. The SMILES string of the molecule is CNC[C@H](Cc1cccc2ccccc12)NC[C@@H](Cc1cccc2ccccc12)NC(=O)c1cc(OC)c(O)c(OC)c1. The Balaban J connectivity index is 1.40. The third-order valence-corrected chi connectivity index (χ3v) is 7.87. The summed E-state index contributed by atoms with van der Waals surface area (Å²) in [4.78, 5) is 13.6. The van der Waals surface area contributed by atoms with E-state index in [0.29, 0.717) is 18.5 Å². The average molecular weight is 578 g/mol. The second-order valence-corrected chi connectivity index (χ2v) is 10.7. The molecular formula is C36H39N3O4. The van der Waals surface area contributed by atoms with Gasteiger partial charge in [-0.05, 0) is 64.7 Å². The van der Waals surface area contributed by atoms with E-state index in [1.165, 1.54) is 48.1 Å². The second-order valence-electron chi connectivity index (χ2n) is 10.7. The molecule has 0 saturated heterocycles. The number of ether oxygens (including phenoxy) is 2. The molecule has 0 aliphatic carbocycles. The highest BCUT2D eigenvalue weighted by molar-refractivity contribution is 5.96. The maximum atomic E-state index is 13.6. The normalized spacial score (nSPS) is 12.6. The van der Waals surface area contributed by atoms with Gasteiger partial charge in [-0.2, -0.15) is 0 Å². The predicted molar refractivity (Wildman–Crippen MR) is 173 cm³/mol. The Labute approximate surface area is 252 Å². The predicted octanol–water partition coefficient (Wildman–Crippen LogP) is 5.48. The molecular weight excluding hydrogens is 538 g/mol. The molecule has 0 fully saturated rings. The van der Waals surface area contributed by atoms with Gasteiger partial charge in [0.2, 0.25) is 5.75 Å². The van der Waals surface area contributed by atoms with Crippen LogP contribution in [-0.2, 0) is 12.8 Å². The Kier molecular flexibility index (Phi) is 9.77. The van der Waals surface area contributed by atoms with Crippen molar-refractivity contribution in [3.63, 3.8) is 0 Å². The van der Waals surface area contributed by atoms with Crippen LogP contribution in [0.3, 0.4) is 0 Å². The Morgan fingerprint density at radius 2 is 1.23 bits per heavy atom. The minimum Gasteiger partial charge on any atom is -0.502 e. The molecule has 222 valence electrons. The molecule has 7 nitrogen and oxygen atoms in total. The van der Waals surface area contributed by atoms with Gasteiger partial charge in [-0.15, -0.1) is 0 Å². The number of nitrogens with one attached hydrogen (secondary N) is 3. The van der Waals surface area contributed by atoms with E-state index < -0.39 is 0 Å². The molecule has 0 saturated carbocycles. The topological polar surface area (TPSA) is 91.9 Å². The summed E-state index contributed by atoms with van der Waals surface area (Å²) in [6.45, 7) is 1.32. The number of methoxy groups -OCH3 is 2. The van der Waals surface area contributed by atoms with Crippen LogP contribution in [0.15, 0.2) is 97.1 Å². The van der Waals surface area contributed by atoms with Crippen LogP contribution in [0.4, 0.5) is 0 Å². The lowest BCUT2D eigenvalue weighted by Gasteiger charge is -2.25. The Hall–Kier alpha value is -4.59. The number of hydrogen-bond acceptors (Lipinski definition) is 6. The van der Waals surface area contributed by atoms with E-state index in [1.807, 2.05) is 19.2 Å². The van der Waals surface area contributed by atoms with Crippen LogP contribution in [0.1, 0.15) is 21.5 Å². The maximum Gasteiger partial charge on any atom is 0.251 e. The first-order chi connectivity index (χ1) is 21.0. The number of phenolic OH excluding ortho intramolecular Hbond substituents is 1. The van der Waals surface area contributed by atoms with Crippen LogP contribution in [0.2, 0.25) is 0 Å². The van der Waals surface area contributed by atoms with Crippen molar-refractivity contribution >= 4 is 27.5 Å². The third-order valence-electron chi connectivity index (χ3n) is 7.87. The molecule has 5 rings (SSSR count). The van der Waals surface area contributed by atoms with Crippen molar-refractivity contribution in [1.29, 1.82) is 0 Å². The summed E-state index contributed by atoms with van der Waals surface area (Å²) < 4.78 is 10.6. The largest absolute Gasteiger partial charge is 0.502 e. The Bertz CT molecular complexity index is 1670. The first kappa shape index (κ1) is 29.9. The lowest BCUT2D eigenvalue weighted by molar-refractivity contribution is 0.0935. The Morgan fingerprint density at radius 1 is 0.721 bits per heavy atom. The average Bonchev–Trinajstić information content (AvgIpc) is 3.04. The van der Waals surface area contributed by atoms with Crippen molar-refractivity contribution in [1.82, 2.24) is 16.0 Å². The molecule has 0 aromatic heterocycles. The second kappa shape index (κ2) is 14.1. The summed E-state index contributed by atoms with van der Waals surface area (Å²) in [7, 11) is 4.85. The number of benzene rings is 5. The van der Waals surface area contributed by atoms with Crippen LogP contribution >= 0.6 is 0 Å². The lowest BCUT2D eigenvalue weighted by Crippen LogP contribution is -2.48. The van der Waals surface area contributed by atoms with Crippen LogP contribution in [0.25, 0.3) is 21.5 Å². The fourth-order valence-corrected chi connectivity index (χ4v) is 5.71. The van der Waals surface area contributed by atoms with Gasteiger partial charge in [0.15, 0.2) is 11.5 Å². The van der Waals surface area contributed by atoms with Crippen LogP contribution < -0.4 is 25.4 Å². The molecule has 43 heavy (non-hydrogen) atoms. The molecule has 0 spiro atoms. The van der Waals surface area contributed by atoms with Gasteiger partial charge < -0.3 is 30.5 Å². The summed E-state index contributed by atoms with van der Waals surface area (Å²) in [6, 6.07) is 32.4. The van der Waals surface area contributed by atoms with Crippen LogP contribution in [0.5, 0.6) is 17.2 Å². The number of likely N-dealkylation sites (N-methyl/N-ethyl adjacent to an activating group) is 1. The molecule has 0 aliphatic rings. The number of carbonyl (C=O) groups is 1. The van der Waals surface area contributed by atoms with Crippen molar-refractivity contribution in [2.75, 3.05) is 34.4 Å². The quantitative estimate of drug-likeness (QED) is 0.148. The van der Waals surface area contributed by atoms with Gasteiger partial charge in [0.25, 0.3) is 5.91 Å².